The van der Waals surface area contributed by atoms with Crippen LogP contribution in [0.2, 0.25) is 0 Å². The fourth-order valence-corrected chi connectivity index (χ4v) is 3.82. The molecule has 2 rings (SSSR count). The molecule has 1 N–H and O–H groups in total. The van der Waals surface area contributed by atoms with Gasteiger partial charge in [0.15, 0.2) is 5.88 Å². The second-order valence-electron chi connectivity index (χ2n) is 5.70. The Morgan fingerprint density at radius 3 is 2.96 bits per heavy atom. The van der Waals surface area contributed by atoms with Gasteiger partial charge in [-0.2, -0.15) is 11.8 Å². The molecule has 0 aliphatic heterocycles. The number of rotatable bonds is 11. The first-order valence-corrected chi connectivity index (χ1v) is 9.99. The number of nitro groups is 1. The summed E-state index contributed by atoms with van der Waals surface area (Å²) in [6.45, 7) is 5.27. The van der Waals surface area contributed by atoms with Crippen LogP contribution in [0.4, 0.5) is 5.69 Å². The van der Waals surface area contributed by atoms with E-state index in [4.69, 9.17) is 4.74 Å². The maximum Gasteiger partial charge on any atom is 0.311 e. The Hall–Kier alpha value is -2.10. The number of thiazole rings is 1. The minimum absolute atomic E-state index is 0.0816. The van der Waals surface area contributed by atoms with Crippen molar-refractivity contribution in [2.24, 2.45) is 0 Å². The number of hydrogen-bond acceptors (Lipinski definition) is 8. The zero-order chi connectivity index (χ0) is 18.9. The number of benzene rings is 1. The van der Waals surface area contributed by atoms with E-state index in [1.807, 2.05) is 14.1 Å². The molecule has 0 fully saturated rings. The molecule has 26 heavy (non-hydrogen) atoms. The molecule has 0 atom stereocenters. The molecule has 0 unspecified atom stereocenters. The lowest BCUT2D eigenvalue weighted by Gasteiger charge is -2.10. The highest BCUT2D eigenvalue weighted by atomic mass is 32.2. The van der Waals surface area contributed by atoms with Crippen molar-refractivity contribution in [2.45, 2.75) is 12.3 Å². The van der Waals surface area contributed by atoms with E-state index in [9.17, 15) is 10.1 Å². The largest absolute Gasteiger partial charge is 0.435 e. The minimum Gasteiger partial charge on any atom is -0.435 e. The highest BCUT2D eigenvalue weighted by Crippen LogP contribution is 2.26. The Bertz CT molecular complexity index is 749. The highest BCUT2D eigenvalue weighted by Gasteiger charge is 2.14. The lowest BCUT2D eigenvalue weighted by molar-refractivity contribution is -0.385. The molecule has 0 radical (unpaired) electrons. The summed E-state index contributed by atoms with van der Waals surface area (Å²) in [6.07, 6.45) is 0. The van der Waals surface area contributed by atoms with Gasteiger partial charge in [-0.15, -0.1) is 11.3 Å². The molecule has 2 aromatic rings. The molecule has 0 amide bonds. The third-order valence-electron chi connectivity index (χ3n) is 3.16. The van der Waals surface area contributed by atoms with E-state index >= 15 is 0 Å². The van der Waals surface area contributed by atoms with E-state index < -0.39 is 4.92 Å². The van der Waals surface area contributed by atoms with Crippen molar-refractivity contribution >= 4 is 28.8 Å². The number of thioether (sulfide) groups is 1. The first kappa shape index (κ1) is 20.2. The van der Waals surface area contributed by atoms with Crippen LogP contribution in [0.25, 0.3) is 0 Å². The number of aromatic nitrogens is 1. The van der Waals surface area contributed by atoms with E-state index in [2.05, 4.69) is 27.2 Å². The molecule has 0 spiro atoms. The van der Waals surface area contributed by atoms with Gasteiger partial charge < -0.3 is 15.0 Å². The van der Waals surface area contributed by atoms with E-state index in [1.165, 1.54) is 6.07 Å². The van der Waals surface area contributed by atoms with Gasteiger partial charge in [0, 0.05) is 36.0 Å². The molecule has 0 aliphatic rings. The molecule has 0 saturated carbocycles. The normalized spacial score (nSPS) is 10.7. The van der Waals surface area contributed by atoms with Crippen molar-refractivity contribution in [1.29, 1.82) is 0 Å². The van der Waals surface area contributed by atoms with Crippen LogP contribution >= 0.6 is 23.1 Å². The Morgan fingerprint density at radius 1 is 1.46 bits per heavy atom. The Morgan fingerprint density at radius 2 is 2.23 bits per heavy atom. The summed E-state index contributed by atoms with van der Waals surface area (Å²) in [7, 11) is 4.06. The van der Waals surface area contributed by atoms with E-state index in [-0.39, 0.29) is 11.4 Å². The van der Waals surface area contributed by atoms with Crippen molar-refractivity contribution in [3.05, 3.63) is 62.9 Å². The van der Waals surface area contributed by atoms with Gasteiger partial charge in [0.25, 0.3) is 0 Å². The summed E-state index contributed by atoms with van der Waals surface area (Å²) in [4.78, 5) is 17.2. The van der Waals surface area contributed by atoms with Crippen molar-refractivity contribution in [3.8, 4) is 5.75 Å². The van der Waals surface area contributed by atoms with Crippen LogP contribution in [0.5, 0.6) is 5.75 Å². The van der Waals surface area contributed by atoms with Crippen molar-refractivity contribution in [2.75, 3.05) is 26.4 Å². The molecule has 0 saturated heterocycles. The third kappa shape index (κ3) is 6.66. The SMILES string of the molecule is C=C(NCCSCc1csc(CN(C)C)n1)Oc1ccccc1[N+](=O)[O-]. The molecule has 0 aliphatic carbocycles. The van der Waals surface area contributed by atoms with E-state index in [0.29, 0.717) is 12.4 Å². The van der Waals surface area contributed by atoms with Crippen molar-refractivity contribution in [1.82, 2.24) is 15.2 Å². The third-order valence-corrected chi connectivity index (χ3v) is 5.04. The number of hydrogen-bond donors (Lipinski definition) is 1. The molecular formula is C17H22N4O3S2. The smallest absolute Gasteiger partial charge is 0.311 e. The monoisotopic (exact) mass is 394 g/mol. The maximum absolute atomic E-state index is 11.0. The van der Waals surface area contributed by atoms with Crippen molar-refractivity contribution < 1.29 is 9.66 Å². The highest BCUT2D eigenvalue weighted by molar-refractivity contribution is 7.98. The lowest BCUT2D eigenvalue weighted by Crippen LogP contribution is -2.20. The molecule has 1 aromatic carbocycles. The molecular weight excluding hydrogens is 372 g/mol. The zero-order valence-corrected chi connectivity index (χ0v) is 16.4. The van der Waals surface area contributed by atoms with Crippen LogP contribution in [0.15, 0.2) is 42.1 Å². The van der Waals surface area contributed by atoms with Crippen LogP contribution in [-0.4, -0.2) is 41.2 Å². The lowest BCUT2D eigenvalue weighted by atomic mass is 10.3. The predicted molar refractivity (Wildman–Crippen MR) is 107 cm³/mol. The van der Waals surface area contributed by atoms with Gasteiger partial charge in [-0.3, -0.25) is 10.1 Å². The van der Waals surface area contributed by atoms with Gasteiger partial charge in [-0.1, -0.05) is 12.1 Å². The quantitative estimate of drug-likeness (QED) is 0.270. The number of para-hydroxylation sites is 2. The van der Waals surface area contributed by atoms with Gasteiger partial charge in [0.1, 0.15) is 5.01 Å². The zero-order valence-electron chi connectivity index (χ0n) is 14.8. The standard InChI is InChI=1S/C17H22N4O3S2/c1-13(24-16-7-5-4-6-15(16)21(22)23)18-8-9-25-11-14-12-26-17(19-14)10-20(2)3/h4-7,12,18H,1,8-11H2,2-3H3. The Kier molecular flexibility index (Phi) is 7.89. The Labute approximate surface area is 161 Å². The van der Waals surface area contributed by atoms with Gasteiger partial charge in [0.2, 0.25) is 5.75 Å². The minimum atomic E-state index is -0.475. The van der Waals surface area contributed by atoms with E-state index in [0.717, 1.165) is 28.8 Å². The number of nitro benzene ring substituents is 1. The average molecular weight is 395 g/mol. The second kappa shape index (κ2) is 10.1. The summed E-state index contributed by atoms with van der Waals surface area (Å²) >= 11 is 3.44. The summed E-state index contributed by atoms with van der Waals surface area (Å²) < 4.78 is 5.44. The molecule has 140 valence electrons. The topological polar surface area (TPSA) is 80.5 Å². The molecule has 1 aromatic heterocycles. The van der Waals surface area contributed by atoms with Crippen LogP contribution in [0.1, 0.15) is 10.7 Å². The van der Waals surface area contributed by atoms with Crippen LogP contribution < -0.4 is 10.1 Å². The molecule has 7 nitrogen and oxygen atoms in total. The maximum atomic E-state index is 11.0. The number of nitrogens with zero attached hydrogens (tertiary/aromatic N) is 3. The van der Waals surface area contributed by atoms with Crippen LogP contribution in [0, 0.1) is 10.1 Å². The van der Waals surface area contributed by atoms with Crippen LogP contribution in [0.3, 0.4) is 0 Å². The van der Waals surface area contributed by atoms with Crippen molar-refractivity contribution in [3.63, 3.8) is 0 Å². The summed E-state index contributed by atoms with van der Waals surface area (Å²) in [5.41, 5.74) is 1.01. The first-order valence-electron chi connectivity index (χ1n) is 7.95. The molecule has 1 heterocycles. The first-order chi connectivity index (χ1) is 12.5. The van der Waals surface area contributed by atoms with Crippen LogP contribution in [-0.2, 0) is 12.3 Å². The average Bonchev–Trinajstić information content (AvgIpc) is 3.01. The number of ether oxygens (including phenoxy) is 1. The fourth-order valence-electron chi connectivity index (χ4n) is 2.06. The summed E-state index contributed by atoms with van der Waals surface area (Å²) in [6, 6.07) is 6.23. The van der Waals surface area contributed by atoms with Gasteiger partial charge in [0.05, 0.1) is 10.6 Å². The van der Waals surface area contributed by atoms with Gasteiger partial charge in [-0.25, -0.2) is 4.98 Å². The molecule has 0 bridgehead atoms. The number of nitrogens with one attached hydrogen (secondary N) is 1. The predicted octanol–water partition coefficient (Wildman–Crippen LogP) is 3.49. The summed E-state index contributed by atoms with van der Waals surface area (Å²) in [5, 5.41) is 17.2. The second-order valence-corrected chi connectivity index (χ2v) is 7.75. The fraction of sp³-hybridized carbons (Fsp3) is 0.353. The summed E-state index contributed by atoms with van der Waals surface area (Å²) in [5.74, 6) is 2.17. The van der Waals surface area contributed by atoms with E-state index in [1.54, 1.807) is 41.3 Å². The van der Waals surface area contributed by atoms with Gasteiger partial charge in [-0.05, 0) is 26.7 Å². The Balaban J connectivity index is 1.68. The molecule has 9 heteroatoms. The van der Waals surface area contributed by atoms with Gasteiger partial charge >= 0.3 is 5.69 Å².